The van der Waals surface area contributed by atoms with Crippen molar-refractivity contribution in [2.45, 2.75) is 62.6 Å². The number of nitrogens with zero attached hydrogens (tertiary/aromatic N) is 3. The van der Waals surface area contributed by atoms with Crippen LogP contribution >= 0.6 is 23.4 Å². The molecule has 7 atom stereocenters. The van der Waals surface area contributed by atoms with Gasteiger partial charge in [-0.15, -0.1) is 24.9 Å². The fourth-order valence-electron chi connectivity index (χ4n) is 7.98. The van der Waals surface area contributed by atoms with Crippen molar-refractivity contribution in [3.63, 3.8) is 0 Å². The minimum absolute atomic E-state index is 0.0260. The molecule has 3 saturated heterocycles. The first-order chi connectivity index (χ1) is 22.5. The monoisotopic (exact) mass is 679 g/mol. The van der Waals surface area contributed by atoms with Gasteiger partial charge in [0.1, 0.15) is 11.8 Å². The van der Waals surface area contributed by atoms with Gasteiger partial charge in [0, 0.05) is 34.7 Å². The summed E-state index contributed by atoms with van der Waals surface area (Å²) in [5, 5.41) is 11.1. The van der Waals surface area contributed by atoms with Crippen LogP contribution in [0.5, 0.6) is 5.75 Å². The molecule has 0 saturated carbocycles. The number of amides is 3. The van der Waals surface area contributed by atoms with E-state index in [0.717, 1.165) is 0 Å². The number of ether oxygens (including phenoxy) is 1. The van der Waals surface area contributed by atoms with Crippen molar-refractivity contribution in [1.82, 2.24) is 4.90 Å². The lowest BCUT2D eigenvalue weighted by molar-refractivity contribution is -0.142. The first-order valence-corrected chi connectivity index (χ1v) is 17.7. The Morgan fingerprint density at radius 3 is 2.17 bits per heavy atom. The smallest absolute Gasteiger partial charge is 0.251 e. The van der Waals surface area contributed by atoms with E-state index in [9.17, 15) is 14.7 Å². The molecule has 3 heterocycles. The molecule has 2 aromatic rings. The SMILES string of the molecule is C=CCN(C(=O)C1N([C@@H](CO)CC(C)C)C(=O)[C@@H]2[C@H](C(=O)N(CC=C)c3ccc(OCC)cc3)[C@@H]3CC(C)C12S3)c1ccc(Cl)cc1. The van der Waals surface area contributed by atoms with E-state index in [1.807, 2.05) is 45.0 Å². The standard InChI is InChI=1S/C37H46ClN3O5S/c1-7-18-39(27-14-16-29(17-15-27)46-9-3)34(43)31-30-21-24(6)37(47-30)32(31)35(44)41(28(22-42)20-23(4)5)33(37)36(45)40(19-8-2)26-12-10-25(38)11-13-26/h7-8,10-17,23-24,28,30-33,42H,1-2,9,18-22H2,3-6H3/t24?,28-,30+,31-,32+,33?,37?/m1/s1. The minimum atomic E-state index is -0.882. The second kappa shape index (κ2) is 14.5. The van der Waals surface area contributed by atoms with Gasteiger partial charge in [0.25, 0.3) is 5.91 Å². The van der Waals surface area contributed by atoms with Gasteiger partial charge in [-0.1, -0.05) is 44.5 Å². The van der Waals surface area contributed by atoms with Crippen LogP contribution in [-0.4, -0.2) is 76.1 Å². The highest BCUT2D eigenvalue weighted by molar-refractivity contribution is 8.02. The Balaban J connectivity index is 1.61. The van der Waals surface area contributed by atoms with Crippen LogP contribution in [0, 0.1) is 23.7 Å². The van der Waals surface area contributed by atoms with Crippen molar-refractivity contribution in [1.29, 1.82) is 0 Å². The average molecular weight is 680 g/mol. The van der Waals surface area contributed by atoms with Crippen molar-refractivity contribution >= 4 is 52.5 Å². The number of carbonyl (C=O) groups is 3. The van der Waals surface area contributed by atoms with E-state index in [0.29, 0.717) is 41.6 Å². The number of likely N-dealkylation sites (tertiary alicyclic amines) is 1. The number of aliphatic hydroxyl groups excluding tert-OH is 1. The van der Waals surface area contributed by atoms with Gasteiger partial charge in [-0.05, 0) is 80.1 Å². The summed E-state index contributed by atoms with van der Waals surface area (Å²) >= 11 is 7.82. The van der Waals surface area contributed by atoms with Crippen molar-refractivity contribution in [2.75, 3.05) is 36.1 Å². The fraction of sp³-hybridized carbons (Fsp3) is 0.486. The van der Waals surface area contributed by atoms with E-state index in [-0.39, 0.29) is 54.5 Å². The van der Waals surface area contributed by atoms with Crippen LogP contribution in [0.25, 0.3) is 0 Å². The molecule has 47 heavy (non-hydrogen) atoms. The number of hydrogen-bond acceptors (Lipinski definition) is 6. The highest BCUT2D eigenvalue weighted by atomic mass is 35.5. The molecule has 0 aromatic heterocycles. The predicted molar refractivity (Wildman–Crippen MR) is 190 cm³/mol. The molecule has 3 unspecified atom stereocenters. The number of anilines is 2. The summed E-state index contributed by atoms with van der Waals surface area (Å²) in [5.41, 5.74) is 1.33. The van der Waals surface area contributed by atoms with E-state index in [4.69, 9.17) is 16.3 Å². The third-order valence-corrected chi connectivity index (χ3v) is 12.1. The molecule has 3 aliphatic heterocycles. The van der Waals surface area contributed by atoms with Gasteiger partial charge in [0.2, 0.25) is 11.8 Å². The summed E-state index contributed by atoms with van der Waals surface area (Å²) in [6.07, 6.45) is 4.57. The van der Waals surface area contributed by atoms with Gasteiger partial charge in [-0.3, -0.25) is 14.4 Å². The molecule has 3 amide bonds. The molecule has 8 nitrogen and oxygen atoms in total. The number of halogens is 1. The maximum atomic E-state index is 15.0. The first kappa shape index (κ1) is 35.0. The normalized spacial score (nSPS) is 26.7. The molecule has 3 aliphatic rings. The van der Waals surface area contributed by atoms with Crippen LogP contribution in [0.4, 0.5) is 11.4 Å². The number of aliphatic hydroxyl groups is 1. The summed E-state index contributed by atoms with van der Waals surface area (Å²) in [5.74, 6) is -1.16. The molecular weight excluding hydrogens is 634 g/mol. The maximum absolute atomic E-state index is 15.0. The average Bonchev–Trinajstić information content (AvgIpc) is 3.65. The number of carbonyl (C=O) groups excluding carboxylic acids is 3. The minimum Gasteiger partial charge on any atom is -0.494 e. The van der Waals surface area contributed by atoms with Crippen molar-refractivity contribution < 1.29 is 24.2 Å². The van der Waals surface area contributed by atoms with Crippen molar-refractivity contribution in [3.8, 4) is 5.75 Å². The van der Waals surface area contributed by atoms with Gasteiger partial charge in [-0.2, -0.15) is 0 Å². The summed E-state index contributed by atoms with van der Waals surface area (Å²) in [6.45, 7) is 16.7. The summed E-state index contributed by atoms with van der Waals surface area (Å²) in [4.78, 5) is 49.6. The van der Waals surface area contributed by atoms with Crippen LogP contribution < -0.4 is 14.5 Å². The summed E-state index contributed by atoms with van der Waals surface area (Å²) in [6, 6.07) is 13.0. The van der Waals surface area contributed by atoms with Gasteiger partial charge < -0.3 is 24.5 Å². The van der Waals surface area contributed by atoms with Gasteiger partial charge in [0.15, 0.2) is 0 Å². The zero-order valence-corrected chi connectivity index (χ0v) is 29.3. The zero-order chi connectivity index (χ0) is 34.0. The van der Waals surface area contributed by atoms with Gasteiger partial charge >= 0.3 is 0 Å². The maximum Gasteiger partial charge on any atom is 0.251 e. The second-order valence-electron chi connectivity index (χ2n) is 13.1. The van der Waals surface area contributed by atoms with Gasteiger partial charge in [0.05, 0.1) is 35.8 Å². The summed E-state index contributed by atoms with van der Waals surface area (Å²) < 4.78 is 4.76. The van der Waals surface area contributed by atoms with Crippen LogP contribution in [0.1, 0.15) is 40.5 Å². The number of hydrogen-bond donors (Lipinski definition) is 1. The van der Waals surface area contributed by atoms with E-state index < -0.39 is 28.7 Å². The lowest BCUT2D eigenvalue weighted by Gasteiger charge is -2.42. The number of thioether (sulfide) groups is 1. The largest absolute Gasteiger partial charge is 0.494 e. The molecule has 5 rings (SSSR count). The Hall–Kier alpha value is -3.27. The lowest BCUT2D eigenvalue weighted by Crippen LogP contribution is -2.59. The third-order valence-electron chi connectivity index (χ3n) is 9.80. The lowest BCUT2D eigenvalue weighted by atomic mass is 9.65. The Labute approximate surface area is 287 Å². The van der Waals surface area contributed by atoms with E-state index in [1.54, 1.807) is 62.9 Å². The zero-order valence-electron chi connectivity index (χ0n) is 27.7. The Morgan fingerprint density at radius 2 is 1.64 bits per heavy atom. The molecule has 1 N–H and O–H groups in total. The Kier molecular flexibility index (Phi) is 10.8. The fourth-order valence-corrected chi connectivity index (χ4v) is 10.5. The molecule has 252 valence electrons. The molecule has 3 fully saturated rings. The molecule has 0 aliphatic carbocycles. The third kappa shape index (κ3) is 6.22. The quantitative estimate of drug-likeness (QED) is 0.239. The Bertz CT molecular complexity index is 1480. The number of benzene rings is 2. The van der Waals surface area contributed by atoms with Crippen LogP contribution in [0.3, 0.4) is 0 Å². The van der Waals surface area contributed by atoms with Crippen LogP contribution in [-0.2, 0) is 14.4 Å². The highest BCUT2D eigenvalue weighted by Gasteiger charge is 2.77. The molecule has 2 bridgehead atoms. The molecule has 1 spiro atoms. The van der Waals surface area contributed by atoms with Gasteiger partial charge in [-0.25, -0.2) is 0 Å². The van der Waals surface area contributed by atoms with Crippen molar-refractivity contribution in [3.05, 3.63) is 78.9 Å². The number of rotatable bonds is 14. The highest BCUT2D eigenvalue weighted by Crippen LogP contribution is 2.69. The molecule has 2 aromatic carbocycles. The van der Waals surface area contributed by atoms with Crippen molar-refractivity contribution in [2.24, 2.45) is 23.7 Å². The van der Waals surface area contributed by atoms with E-state index >= 15 is 4.79 Å². The first-order valence-electron chi connectivity index (χ1n) is 16.5. The Morgan fingerprint density at radius 1 is 1.06 bits per heavy atom. The molecule has 0 radical (unpaired) electrons. The summed E-state index contributed by atoms with van der Waals surface area (Å²) in [7, 11) is 0. The van der Waals surface area contributed by atoms with E-state index in [2.05, 4.69) is 20.1 Å². The van der Waals surface area contributed by atoms with E-state index in [1.165, 1.54) is 0 Å². The predicted octanol–water partition coefficient (Wildman–Crippen LogP) is 6.22. The van der Waals surface area contributed by atoms with Crippen LogP contribution in [0.15, 0.2) is 73.8 Å². The second-order valence-corrected chi connectivity index (χ2v) is 15.1. The number of fused-ring (bicyclic) bond motifs is 1. The van der Waals surface area contributed by atoms with Crippen LogP contribution in [0.2, 0.25) is 5.02 Å². The molecular formula is C37H46ClN3O5S. The molecule has 10 heteroatoms. The topological polar surface area (TPSA) is 90.4 Å².